The molecule has 0 unspecified atom stereocenters. The van der Waals surface area contributed by atoms with E-state index in [4.69, 9.17) is 15.2 Å². The summed E-state index contributed by atoms with van der Waals surface area (Å²) in [6.45, 7) is 12.6. The molecule has 7 nitrogen and oxygen atoms in total. The van der Waals surface area contributed by atoms with Gasteiger partial charge in [-0.05, 0) is 59.7 Å². The number of hydrogen-bond acceptors (Lipinski definition) is 5. The monoisotopic (exact) mass is 377 g/mol. The molecule has 1 saturated heterocycles. The predicted molar refractivity (Wildman–Crippen MR) is 105 cm³/mol. The third kappa shape index (κ3) is 5.52. The van der Waals surface area contributed by atoms with E-state index < -0.39 is 5.60 Å². The fourth-order valence-electron chi connectivity index (χ4n) is 2.96. The van der Waals surface area contributed by atoms with Crippen molar-refractivity contribution in [2.24, 2.45) is 0 Å². The fourth-order valence-corrected chi connectivity index (χ4v) is 2.96. The van der Waals surface area contributed by atoms with E-state index >= 15 is 0 Å². The highest BCUT2D eigenvalue weighted by Gasteiger charge is 2.32. The first-order valence-electron chi connectivity index (χ1n) is 9.33. The molecule has 0 radical (unpaired) electrons. The highest BCUT2D eigenvalue weighted by molar-refractivity contribution is 5.96. The Labute approximate surface area is 161 Å². The lowest BCUT2D eigenvalue weighted by Crippen LogP contribution is -2.56. The fraction of sp³-hybridized carbons (Fsp3) is 0.600. The van der Waals surface area contributed by atoms with Crippen LogP contribution in [0.15, 0.2) is 18.2 Å². The van der Waals surface area contributed by atoms with Crippen LogP contribution < -0.4 is 10.5 Å². The first kappa shape index (κ1) is 20.9. The smallest absolute Gasteiger partial charge is 0.410 e. The molecule has 2 N–H and O–H groups in total. The van der Waals surface area contributed by atoms with Crippen molar-refractivity contribution in [3.05, 3.63) is 23.8 Å². The van der Waals surface area contributed by atoms with Crippen LogP contribution in [0.3, 0.4) is 0 Å². The van der Waals surface area contributed by atoms with E-state index in [0.717, 1.165) is 0 Å². The van der Waals surface area contributed by atoms with Gasteiger partial charge in [-0.3, -0.25) is 4.79 Å². The first-order chi connectivity index (χ1) is 12.5. The SMILES string of the molecule is CC(C)Oc1ccc(C(=O)N2CCN(C(=O)OC(C)(C)C)C[C@@H]2C)cc1N. The molecule has 0 bridgehead atoms. The third-order valence-electron chi connectivity index (χ3n) is 4.16. The molecule has 1 aliphatic heterocycles. The molecule has 1 fully saturated rings. The predicted octanol–water partition coefficient (Wildman–Crippen LogP) is 3.14. The number of ether oxygens (including phenoxy) is 2. The number of amides is 2. The largest absolute Gasteiger partial charge is 0.489 e. The van der Waals surface area contributed by atoms with Crippen molar-refractivity contribution in [2.75, 3.05) is 25.4 Å². The van der Waals surface area contributed by atoms with Crippen LogP contribution in [0.4, 0.5) is 10.5 Å². The summed E-state index contributed by atoms with van der Waals surface area (Å²) in [6.07, 6.45) is -0.337. The van der Waals surface area contributed by atoms with Crippen LogP contribution in [0.25, 0.3) is 0 Å². The molecule has 27 heavy (non-hydrogen) atoms. The van der Waals surface area contributed by atoms with Crippen molar-refractivity contribution >= 4 is 17.7 Å². The number of piperazine rings is 1. The molecule has 1 aromatic rings. The Kier molecular flexibility index (Phi) is 6.23. The second-order valence-electron chi connectivity index (χ2n) is 8.19. The number of carbonyl (C=O) groups is 2. The van der Waals surface area contributed by atoms with Gasteiger partial charge in [-0.2, -0.15) is 0 Å². The number of hydrogen-bond donors (Lipinski definition) is 1. The molecular formula is C20H31N3O4. The molecule has 1 aliphatic rings. The Hall–Kier alpha value is -2.44. The number of rotatable bonds is 3. The van der Waals surface area contributed by atoms with Gasteiger partial charge in [0.25, 0.3) is 5.91 Å². The van der Waals surface area contributed by atoms with Gasteiger partial charge in [-0.25, -0.2) is 4.79 Å². The molecule has 7 heteroatoms. The molecule has 0 aromatic heterocycles. The maximum absolute atomic E-state index is 12.9. The molecule has 1 heterocycles. The standard InChI is InChI=1S/C20H31N3O4/c1-13(2)26-17-8-7-15(11-16(17)21)18(24)23-10-9-22(12-14(23)3)19(25)27-20(4,5)6/h7-8,11,13-14H,9-10,12,21H2,1-6H3/t14-/m0/s1. The normalized spacial score (nSPS) is 17.8. The maximum Gasteiger partial charge on any atom is 0.410 e. The van der Waals surface area contributed by atoms with Crippen LogP contribution in [0, 0.1) is 0 Å². The Morgan fingerprint density at radius 2 is 1.89 bits per heavy atom. The van der Waals surface area contributed by atoms with Gasteiger partial charge in [0.1, 0.15) is 11.4 Å². The van der Waals surface area contributed by atoms with Crippen LogP contribution in [-0.2, 0) is 4.74 Å². The zero-order chi connectivity index (χ0) is 20.4. The van der Waals surface area contributed by atoms with Crippen LogP contribution in [0.2, 0.25) is 0 Å². The number of nitrogen functional groups attached to an aromatic ring is 1. The average Bonchev–Trinajstić information content (AvgIpc) is 2.54. The van der Waals surface area contributed by atoms with Gasteiger partial charge in [0.05, 0.1) is 11.8 Å². The summed E-state index contributed by atoms with van der Waals surface area (Å²) in [5.74, 6) is 0.471. The van der Waals surface area contributed by atoms with Crippen LogP contribution >= 0.6 is 0 Å². The van der Waals surface area contributed by atoms with Crippen molar-refractivity contribution in [3.63, 3.8) is 0 Å². The number of benzene rings is 1. The lowest BCUT2D eigenvalue weighted by Gasteiger charge is -2.40. The minimum absolute atomic E-state index is 0.00908. The lowest BCUT2D eigenvalue weighted by molar-refractivity contribution is 0.00617. The zero-order valence-electron chi connectivity index (χ0n) is 17.1. The average molecular weight is 377 g/mol. The summed E-state index contributed by atoms with van der Waals surface area (Å²) in [6, 6.07) is 4.98. The molecule has 2 rings (SSSR count). The second-order valence-corrected chi connectivity index (χ2v) is 8.19. The Morgan fingerprint density at radius 3 is 2.41 bits per heavy atom. The Morgan fingerprint density at radius 1 is 1.22 bits per heavy atom. The molecule has 1 atom stereocenters. The van der Waals surface area contributed by atoms with Gasteiger partial charge < -0.3 is 25.0 Å². The van der Waals surface area contributed by atoms with Gasteiger partial charge in [0.15, 0.2) is 0 Å². The molecule has 0 aliphatic carbocycles. The van der Waals surface area contributed by atoms with E-state index in [0.29, 0.717) is 36.6 Å². The molecule has 2 amide bonds. The van der Waals surface area contributed by atoms with Gasteiger partial charge in [-0.15, -0.1) is 0 Å². The Balaban J connectivity index is 2.04. The van der Waals surface area contributed by atoms with Gasteiger partial charge >= 0.3 is 6.09 Å². The van der Waals surface area contributed by atoms with Crippen LogP contribution in [-0.4, -0.2) is 59.2 Å². The molecule has 150 valence electrons. The van der Waals surface area contributed by atoms with Crippen molar-refractivity contribution in [1.29, 1.82) is 0 Å². The highest BCUT2D eigenvalue weighted by Crippen LogP contribution is 2.25. The molecule has 0 saturated carbocycles. The molecule has 0 spiro atoms. The van der Waals surface area contributed by atoms with Gasteiger partial charge in [-0.1, -0.05) is 0 Å². The van der Waals surface area contributed by atoms with Crippen LogP contribution in [0.1, 0.15) is 51.9 Å². The summed E-state index contributed by atoms with van der Waals surface area (Å²) < 4.78 is 11.0. The summed E-state index contributed by atoms with van der Waals surface area (Å²) in [4.78, 5) is 28.6. The van der Waals surface area contributed by atoms with Gasteiger partial charge in [0.2, 0.25) is 0 Å². The van der Waals surface area contributed by atoms with E-state index in [2.05, 4.69) is 0 Å². The minimum atomic E-state index is -0.537. The summed E-state index contributed by atoms with van der Waals surface area (Å²) in [7, 11) is 0. The van der Waals surface area contributed by atoms with E-state index in [9.17, 15) is 9.59 Å². The topological polar surface area (TPSA) is 85.1 Å². The van der Waals surface area contributed by atoms with Crippen molar-refractivity contribution < 1.29 is 19.1 Å². The van der Waals surface area contributed by atoms with E-state index in [1.165, 1.54) is 0 Å². The quantitative estimate of drug-likeness (QED) is 0.818. The van der Waals surface area contributed by atoms with E-state index in [1.807, 2.05) is 41.5 Å². The number of nitrogens with zero attached hydrogens (tertiary/aromatic N) is 2. The maximum atomic E-state index is 12.9. The summed E-state index contributed by atoms with van der Waals surface area (Å²) >= 11 is 0. The van der Waals surface area contributed by atoms with Crippen molar-refractivity contribution in [1.82, 2.24) is 9.80 Å². The number of nitrogens with two attached hydrogens (primary N) is 1. The number of anilines is 1. The lowest BCUT2D eigenvalue weighted by atomic mass is 10.1. The summed E-state index contributed by atoms with van der Waals surface area (Å²) in [5, 5.41) is 0. The first-order valence-corrected chi connectivity index (χ1v) is 9.33. The van der Waals surface area contributed by atoms with Gasteiger partial charge in [0, 0.05) is 31.2 Å². The minimum Gasteiger partial charge on any atom is -0.489 e. The highest BCUT2D eigenvalue weighted by atomic mass is 16.6. The number of carbonyl (C=O) groups excluding carboxylic acids is 2. The van der Waals surface area contributed by atoms with Crippen molar-refractivity contribution in [2.45, 2.75) is 59.3 Å². The second kappa shape index (κ2) is 8.06. The Bertz CT molecular complexity index is 697. The third-order valence-corrected chi connectivity index (χ3v) is 4.16. The van der Waals surface area contributed by atoms with Crippen molar-refractivity contribution in [3.8, 4) is 5.75 Å². The molecule has 1 aromatic carbocycles. The van der Waals surface area contributed by atoms with Crippen LogP contribution in [0.5, 0.6) is 5.75 Å². The molecular weight excluding hydrogens is 346 g/mol. The zero-order valence-corrected chi connectivity index (χ0v) is 17.1. The van der Waals surface area contributed by atoms with E-state index in [1.54, 1.807) is 28.0 Å². The summed E-state index contributed by atoms with van der Waals surface area (Å²) in [5.41, 5.74) is 6.44. The van der Waals surface area contributed by atoms with E-state index in [-0.39, 0.29) is 24.1 Å².